The minimum Gasteiger partial charge on any atom is -0.344 e. The van der Waals surface area contributed by atoms with Gasteiger partial charge in [0.05, 0.1) is 4.90 Å². The Bertz CT molecular complexity index is 784. The number of hydrogen-bond acceptors (Lipinski definition) is 6. The minimum atomic E-state index is -3.58. The van der Waals surface area contributed by atoms with Crippen LogP contribution in [0.25, 0.3) is 0 Å². The van der Waals surface area contributed by atoms with Crippen molar-refractivity contribution in [3.63, 3.8) is 0 Å². The Hall–Kier alpha value is -1.58. The van der Waals surface area contributed by atoms with Crippen molar-refractivity contribution in [2.75, 3.05) is 31.1 Å². The fourth-order valence-corrected chi connectivity index (χ4v) is 4.98. The normalized spacial score (nSPS) is 16.5. The molecule has 1 saturated heterocycles. The van der Waals surface area contributed by atoms with Crippen molar-refractivity contribution < 1.29 is 12.8 Å². The van der Waals surface area contributed by atoms with Gasteiger partial charge in [0.25, 0.3) is 0 Å². The van der Waals surface area contributed by atoms with E-state index in [1.54, 1.807) is 11.3 Å². The van der Waals surface area contributed by atoms with E-state index in [0.29, 0.717) is 26.2 Å². The summed E-state index contributed by atoms with van der Waals surface area (Å²) in [4.78, 5) is 2.19. The highest BCUT2D eigenvalue weighted by atomic mass is 32.2. The van der Waals surface area contributed by atoms with Crippen LogP contribution in [0.3, 0.4) is 0 Å². The van der Waals surface area contributed by atoms with Gasteiger partial charge < -0.3 is 4.90 Å². The summed E-state index contributed by atoms with van der Waals surface area (Å²) in [5, 5.41) is 10.2. The summed E-state index contributed by atoms with van der Waals surface area (Å²) in [5.41, 5.74) is 0. The molecule has 1 aromatic carbocycles. The molecule has 0 N–H and O–H groups in total. The summed E-state index contributed by atoms with van der Waals surface area (Å²) in [7, 11) is -3.58. The maximum absolute atomic E-state index is 13.0. The largest absolute Gasteiger partial charge is 0.344 e. The van der Waals surface area contributed by atoms with E-state index in [4.69, 9.17) is 0 Å². The molecule has 0 bridgehead atoms. The second-order valence-electron chi connectivity index (χ2n) is 5.57. The van der Waals surface area contributed by atoms with Crippen LogP contribution in [0.15, 0.2) is 29.2 Å². The first-order valence-corrected chi connectivity index (χ1v) is 10.1. The summed E-state index contributed by atoms with van der Waals surface area (Å²) >= 11 is 1.56. The maximum atomic E-state index is 13.0. The first-order chi connectivity index (χ1) is 11.5. The van der Waals surface area contributed by atoms with Gasteiger partial charge in [0, 0.05) is 32.6 Å². The number of rotatable bonds is 5. The number of aryl methyl sites for hydroxylation is 1. The molecule has 0 unspecified atom stereocenters. The number of benzene rings is 1. The first kappa shape index (κ1) is 17.2. The van der Waals surface area contributed by atoms with Gasteiger partial charge in [-0.05, 0) is 30.7 Å². The molecule has 3 rings (SSSR count). The summed E-state index contributed by atoms with van der Waals surface area (Å²) in [6, 6.07) is 4.94. The SMILES string of the molecule is CCCc1nnc(N2CCN(S(=O)(=O)c3ccc(F)cc3)CC2)s1. The van der Waals surface area contributed by atoms with Gasteiger partial charge in [-0.1, -0.05) is 18.3 Å². The van der Waals surface area contributed by atoms with Crippen LogP contribution >= 0.6 is 11.3 Å². The van der Waals surface area contributed by atoms with Crippen LogP contribution in [0.4, 0.5) is 9.52 Å². The highest BCUT2D eigenvalue weighted by Gasteiger charge is 2.29. The Kier molecular flexibility index (Phi) is 5.12. The number of halogens is 1. The van der Waals surface area contributed by atoms with Crippen LogP contribution in [0, 0.1) is 5.82 Å². The van der Waals surface area contributed by atoms with Crippen LogP contribution in [-0.4, -0.2) is 49.1 Å². The topological polar surface area (TPSA) is 66.4 Å². The van der Waals surface area contributed by atoms with Crippen molar-refractivity contribution in [2.24, 2.45) is 0 Å². The number of sulfonamides is 1. The molecule has 2 aromatic rings. The molecule has 130 valence electrons. The summed E-state index contributed by atoms with van der Waals surface area (Å²) < 4.78 is 39.6. The highest BCUT2D eigenvalue weighted by Crippen LogP contribution is 2.24. The third-order valence-corrected chi connectivity index (χ3v) is 6.84. The molecule has 6 nitrogen and oxygen atoms in total. The smallest absolute Gasteiger partial charge is 0.243 e. The van der Waals surface area contributed by atoms with Gasteiger partial charge in [-0.2, -0.15) is 4.31 Å². The molecular weight excluding hydrogens is 351 g/mol. The van der Waals surface area contributed by atoms with E-state index in [9.17, 15) is 12.8 Å². The number of nitrogens with zero attached hydrogens (tertiary/aromatic N) is 4. The average Bonchev–Trinajstić information content (AvgIpc) is 3.04. The Labute approximate surface area is 145 Å². The molecule has 0 radical (unpaired) electrons. The molecule has 1 aliphatic rings. The molecule has 24 heavy (non-hydrogen) atoms. The molecule has 9 heteroatoms. The summed E-state index contributed by atoms with van der Waals surface area (Å²) in [6.07, 6.45) is 1.94. The van der Waals surface area contributed by atoms with Crippen molar-refractivity contribution in [1.29, 1.82) is 0 Å². The second kappa shape index (κ2) is 7.12. The van der Waals surface area contributed by atoms with Gasteiger partial charge in [-0.15, -0.1) is 10.2 Å². The molecular formula is C15H19FN4O2S2. The molecule has 0 atom stereocenters. The van der Waals surface area contributed by atoms with E-state index in [1.165, 1.54) is 28.6 Å². The summed E-state index contributed by atoms with van der Waals surface area (Å²) in [5.74, 6) is -0.446. The third-order valence-electron chi connectivity index (χ3n) is 3.88. The van der Waals surface area contributed by atoms with Gasteiger partial charge in [0.15, 0.2) is 0 Å². The molecule has 1 fully saturated rings. The molecule has 1 aromatic heterocycles. The molecule has 0 spiro atoms. The predicted molar refractivity (Wildman–Crippen MR) is 91.3 cm³/mol. The Morgan fingerprint density at radius 2 is 1.79 bits per heavy atom. The van der Waals surface area contributed by atoms with Gasteiger partial charge in [-0.3, -0.25) is 0 Å². The number of aromatic nitrogens is 2. The van der Waals surface area contributed by atoms with E-state index in [-0.39, 0.29) is 4.90 Å². The monoisotopic (exact) mass is 370 g/mol. The fraction of sp³-hybridized carbons (Fsp3) is 0.467. The lowest BCUT2D eigenvalue weighted by Crippen LogP contribution is -2.48. The van der Waals surface area contributed by atoms with Gasteiger partial charge in [0.2, 0.25) is 15.2 Å². The highest BCUT2D eigenvalue weighted by molar-refractivity contribution is 7.89. The quantitative estimate of drug-likeness (QED) is 0.807. The Balaban J connectivity index is 1.66. The van der Waals surface area contributed by atoms with Crippen molar-refractivity contribution in [1.82, 2.24) is 14.5 Å². The van der Waals surface area contributed by atoms with Crippen LogP contribution < -0.4 is 4.90 Å². The predicted octanol–water partition coefficient (Wildman–Crippen LogP) is 2.14. The average molecular weight is 370 g/mol. The molecule has 0 amide bonds. The van der Waals surface area contributed by atoms with Gasteiger partial charge >= 0.3 is 0 Å². The second-order valence-corrected chi connectivity index (χ2v) is 8.55. The van der Waals surface area contributed by atoms with Crippen molar-refractivity contribution >= 4 is 26.5 Å². The van der Waals surface area contributed by atoms with Crippen LogP contribution in [-0.2, 0) is 16.4 Å². The van der Waals surface area contributed by atoms with Gasteiger partial charge in [0.1, 0.15) is 10.8 Å². The fourth-order valence-electron chi connectivity index (χ4n) is 2.56. The number of anilines is 1. The lowest BCUT2D eigenvalue weighted by molar-refractivity contribution is 0.384. The maximum Gasteiger partial charge on any atom is 0.243 e. The van der Waals surface area contributed by atoms with Crippen LogP contribution in [0.2, 0.25) is 0 Å². The van der Waals surface area contributed by atoms with Crippen molar-refractivity contribution in [3.8, 4) is 0 Å². The Morgan fingerprint density at radius 3 is 2.42 bits per heavy atom. The number of hydrogen-bond donors (Lipinski definition) is 0. The molecule has 2 heterocycles. The molecule has 0 saturated carbocycles. The van der Waals surface area contributed by atoms with E-state index in [0.717, 1.165) is 23.0 Å². The Morgan fingerprint density at radius 1 is 1.12 bits per heavy atom. The molecule has 1 aliphatic heterocycles. The van der Waals surface area contributed by atoms with E-state index < -0.39 is 15.8 Å². The third kappa shape index (κ3) is 3.57. The van der Waals surface area contributed by atoms with Gasteiger partial charge in [-0.25, -0.2) is 12.8 Å². The first-order valence-electron chi connectivity index (χ1n) is 7.84. The van der Waals surface area contributed by atoms with Crippen LogP contribution in [0.1, 0.15) is 18.4 Å². The standard InChI is InChI=1S/C15H19FN4O2S2/c1-2-3-14-17-18-15(23-14)19-8-10-20(11-9-19)24(21,22)13-6-4-12(16)5-7-13/h4-7H,2-3,8-11H2,1H3. The zero-order chi connectivity index (χ0) is 17.2. The minimum absolute atomic E-state index is 0.124. The zero-order valence-corrected chi connectivity index (χ0v) is 15.0. The van der Waals surface area contributed by atoms with E-state index in [2.05, 4.69) is 22.0 Å². The zero-order valence-electron chi connectivity index (χ0n) is 13.4. The van der Waals surface area contributed by atoms with E-state index in [1.807, 2.05) is 0 Å². The molecule has 0 aliphatic carbocycles. The lowest BCUT2D eigenvalue weighted by Gasteiger charge is -2.33. The van der Waals surface area contributed by atoms with Crippen LogP contribution in [0.5, 0.6) is 0 Å². The lowest BCUT2D eigenvalue weighted by atomic mass is 10.4. The van der Waals surface area contributed by atoms with E-state index >= 15 is 0 Å². The van der Waals surface area contributed by atoms with Crippen molar-refractivity contribution in [2.45, 2.75) is 24.7 Å². The van der Waals surface area contributed by atoms with Crippen molar-refractivity contribution in [3.05, 3.63) is 35.1 Å². The number of piperazine rings is 1. The summed E-state index contributed by atoms with van der Waals surface area (Å²) in [6.45, 7) is 3.99.